The highest BCUT2D eigenvalue weighted by atomic mass is 16.5. The third-order valence-electron chi connectivity index (χ3n) is 10.0. The molecule has 2 aromatic rings. The first-order valence-corrected chi connectivity index (χ1v) is 13.9. The average molecular weight is 491 g/mol. The van der Waals surface area contributed by atoms with Gasteiger partial charge in [-0.3, -0.25) is 9.80 Å². The fourth-order valence-corrected chi connectivity index (χ4v) is 8.39. The normalized spacial score (nSPS) is 38.9. The Hall–Kier alpha value is -1.80. The second kappa shape index (κ2) is 8.90. The van der Waals surface area contributed by atoms with Crippen molar-refractivity contribution in [3.8, 4) is 0 Å². The Morgan fingerprint density at radius 3 is 1.39 bits per heavy atom. The molecule has 4 aliphatic carbocycles. The van der Waals surface area contributed by atoms with Gasteiger partial charge in [-0.15, -0.1) is 0 Å². The third-order valence-corrected chi connectivity index (χ3v) is 10.0. The minimum atomic E-state index is -0.589. The minimum absolute atomic E-state index is 0.293. The third kappa shape index (κ3) is 3.25. The van der Waals surface area contributed by atoms with Gasteiger partial charge in [0.05, 0.1) is 26.4 Å². The molecule has 2 aromatic carbocycles. The van der Waals surface area contributed by atoms with Gasteiger partial charge in [0.2, 0.25) is 0 Å². The largest absolute Gasteiger partial charge is 0.383 e. The average Bonchev–Trinajstić information content (AvgIpc) is 3.40. The van der Waals surface area contributed by atoms with Crippen molar-refractivity contribution in [1.29, 1.82) is 0 Å². The number of ether oxygens (including phenoxy) is 2. The van der Waals surface area contributed by atoms with Crippen LogP contribution in [-0.2, 0) is 20.7 Å². The number of aliphatic hydroxyl groups is 2. The van der Waals surface area contributed by atoms with E-state index in [1.807, 2.05) is 12.1 Å². The summed E-state index contributed by atoms with van der Waals surface area (Å²) in [5, 5.41) is 22.3. The summed E-state index contributed by atoms with van der Waals surface area (Å²) in [6.07, 6.45) is 4.46. The molecule has 2 heterocycles. The maximum atomic E-state index is 11.1. The molecule has 0 unspecified atom stereocenters. The van der Waals surface area contributed by atoms with Crippen LogP contribution in [0.2, 0.25) is 0 Å². The molecule has 0 amide bonds. The van der Waals surface area contributed by atoms with Gasteiger partial charge in [-0.1, -0.05) is 48.5 Å². The Morgan fingerprint density at radius 1 is 0.583 bits per heavy atom. The van der Waals surface area contributed by atoms with E-state index in [0.717, 1.165) is 78.3 Å². The summed E-state index contributed by atoms with van der Waals surface area (Å²) in [6.45, 7) is 7.06. The number of hydrogen-bond donors (Lipinski definition) is 2. The van der Waals surface area contributed by atoms with Crippen LogP contribution < -0.4 is 0 Å². The molecule has 2 aliphatic heterocycles. The SMILES string of the molecule is O[C@@]12c3ccccc3[C@@H]1CC[C@H]2N1CCOCC1.O[C@]12c3ccccc3[C@H]1CC[C@@H]2N1CCOCC1. The van der Waals surface area contributed by atoms with E-state index in [2.05, 4.69) is 46.2 Å². The molecule has 36 heavy (non-hydrogen) atoms. The number of nitrogens with zero attached hydrogens (tertiary/aromatic N) is 2. The Bertz CT molecular complexity index is 1030. The molecule has 2 N–H and O–H groups in total. The van der Waals surface area contributed by atoms with Gasteiger partial charge >= 0.3 is 0 Å². The Morgan fingerprint density at radius 2 is 0.972 bits per heavy atom. The number of morpholine rings is 2. The molecule has 4 fully saturated rings. The first-order valence-electron chi connectivity index (χ1n) is 13.9. The molecular formula is C30H38N2O4. The van der Waals surface area contributed by atoms with Crippen molar-refractivity contribution < 1.29 is 19.7 Å². The smallest absolute Gasteiger partial charge is 0.112 e. The van der Waals surface area contributed by atoms with Gasteiger partial charge < -0.3 is 19.7 Å². The predicted molar refractivity (Wildman–Crippen MR) is 137 cm³/mol. The number of rotatable bonds is 2. The number of hydrogen-bond acceptors (Lipinski definition) is 6. The molecule has 0 spiro atoms. The molecule has 6 heteroatoms. The first kappa shape index (κ1) is 23.3. The van der Waals surface area contributed by atoms with Crippen molar-refractivity contribution in [1.82, 2.24) is 9.80 Å². The molecule has 0 bridgehead atoms. The van der Waals surface area contributed by atoms with Crippen LogP contribution in [-0.4, -0.2) is 84.7 Å². The lowest BCUT2D eigenvalue weighted by atomic mass is 9.64. The number of fused-ring (bicyclic) bond motifs is 8. The van der Waals surface area contributed by atoms with E-state index in [0.29, 0.717) is 23.9 Å². The first-order chi connectivity index (χ1) is 17.6. The summed E-state index contributed by atoms with van der Waals surface area (Å²) in [7, 11) is 0. The van der Waals surface area contributed by atoms with E-state index in [1.165, 1.54) is 22.3 Å². The minimum Gasteiger partial charge on any atom is -0.383 e. The van der Waals surface area contributed by atoms with Gasteiger partial charge in [0.15, 0.2) is 0 Å². The van der Waals surface area contributed by atoms with E-state index >= 15 is 0 Å². The molecule has 8 rings (SSSR count). The molecule has 6 atom stereocenters. The molecule has 6 nitrogen and oxygen atoms in total. The quantitative estimate of drug-likeness (QED) is 0.675. The molecule has 6 aliphatic rings. The molecule has 0 radical (unpaired) electrons. The zero-order valence-electron chi connectivity index (χ0n) is 21.0. The summed E-state index contributed by atoms with van der Waals surface area (Å²) in [6, 6.07) is 17.4. The van der Waals surface area contributed by atoms with E-state index < -0.39 is 11.2 Å². The summed E-state index contributed by atoms with van der Waals surface area (Å²) < 4.78 is 10.8. The standard InChI is InChI=1S/2C15H19NO2/c2*17-15-12-4-2-1-3-11(12)13(15)5-6-14(15)16-7-9-18-10-8-16/h2*1-4,13-14,17H,5-10H2/t2*13-,14+,15-/m10/s1. The van der Waals surface area contributed by atoms with Crippen LogP contribution >= 0.6 is 0 Å². The van der Waals surface area contributed by atoms with Gasteiger partial charge in [0, 0.05) is 50.1 Å². The van der Waals surface area contributed by atoms with E-state index in [9.17, 15) is 10.2 Å². The molecule has 2 saturated heterocycles. The van der Waals surface area contributed by atoms with Crippen LogP contribution in [0.1, 0.15) is 59.8 Å². The zero-order chi connectivity index (χ0) is 24.3. The lowest BCUT2D eigenvalue weighted by molar-refractivity contribution is -0.0880. The van der Waals surface area contributed by atoms with Crippen molar-refractivity contribution >= 4 is 0 Å². The van der Waals surface area contributed by atoms with E-state index in [-0.39, 0.29) is 0 Å². The molecular weight excluding hydrogens is 452 g/mol. The van der Waals surface area contributed by atoms with Crippen LogP contribution in [0.3, 0.4) is 0 Å². The topological polar surface area (TPSA) is 65.4 Å². The van der Waals surface area contributed by atoms with Crippen molar-refractivity contribution in [3.05, 3.63) is 70.8 Å². The Balaban J connectivity index is 0.000000122. The van der Waals surface area contributed by atoms with Crippen LogP contribution in [0.25, 0.3) is 0 Å². The van der Waals surface area contributed by atoms with Gasteiger partial charge in [0.1, 0.15) is 11.2 Å². The highest BCUT2D eigenvalue weighted by molar-refractivity contribution is 5.52. The van der Waals surface area contributed by atoms with Gasteiger partial charge in [-0.2, -0.15) is 0 Å². The lowest BCUT2D eigenvalue weighted by Crippen LogP contribution is -2.56. The number of benzene rings is 2. The zero-order valence-corrected chi connectivity index (χ0v) is 21.0. The summed E-state index contributed by atoms with van der Waals surface area (Å²) in [5.74, 6) is 0.725. The molecule has 2 saturated carbocycles. The highest BCUT2D eigenvalue weighted by Gasteiger charge is 2.61. The molecule has 192 valence electrons. The lowest BCUT2D eigenvalue weighted by Gasteiger charge is -2.49. The van der Waals surface area contributed by atoms with E-state index in [1.54, 1.807) is 0 Å². The van der Waals surface area contributed by atoms with Crippen molar-refractivity contribution in [2.45, 2.75) is 60.8 Å². The highest BCUT2D eigenvalue weighted by Crippen LogP contribution is 2.61. The fourth-order valence-electron chi connectivity index (χ4n) is 8.39. The predicted octanol–water partition coefficient (Wildman–Crippen LogP) is 2.93. The monoisotopic (exact) mass is 490 g/mol. The van der Waals surface area contributed by atoms with E-state index in [4.69, 9.17) is 9.47 Å². The van der Waals surface area contributed by atoms with Gasteiger partial charge in [-0.05, 0) is 47.9 Å². The van der Waals surface area contributed by atoms with Crippen molar-refractivity contribution in [2.24, 2.45) is 0 Å². The van der Waals surface area contributed by atoms with Gasteiger partial charge in [-0.25, -0.2) is 0 Å². The van der Waals surface area contributed by atoms with Crippen LogP contribution in [0.5, 0.6) is 0 Å². The van der Waals surface area contributed by atoms with Crippen LogP contribution in [0.4, 0.5) is 0 Å². The fraction of sp³-hybridized carbons (Fsp3) is 0.600. The van der Waals surface area contributed by atoms with Crippen molar-refractivity contribution in [3.63, 3.8) is 0 Å². The van der Waals surface area contributed by atoms with Crippen molar-refractivity contribution in [2.75, 3.05) is 52.6 Å². The molecule has 0 aromatic heterocycles. The summed E-state index contributed by atoms with van der Waals surface area (Å²) >= 11 is 0. The summed E-state index contributed by atoms with van der Waals surface area (Å²) in [5.41, 5.74) is 3.90. The van der Waals surface area contributed by atoms with Gasteiger partial charge in [0.25, 0.3) is 0 Å². The maximum absolute atomic E-state index is 11.1. The second-order valence-electron chi connectivity index (χ2n) is 11.4. The van der Waals surface area contributed by atoms with Crippen LogP contribution in [0.15, 0.2) is 48.5 Å². The Kier molecular flexibility index (Phi) is 5.77. The second-order valence-corrected chi connectivity index (χ2v) is 11.4. The van der Waals surface area contributed by atoms with Crippen LogP contribution in [0, 0.1) is 0 Å². The summed E-state index contributed by atoms with van der Waals surface area (Å²) in [4.78, 5) is 4.86. The Labute approximate surface area is 213 Å². The maximum Gasteiger partial charge on any atom is 0.112 e.